The molecule has 0 aliphatic rings. The highest BCUT2D eigenvalue weighted by molar-refractivity contribution is 7.22. The first-order valence-corrected chi connectivity index (χ1v) is 9.70. The maximum atomic E-state index is 13.3. The molecule has 0 atom stereocenters. The molecule has 3 aromatic heterocycles. The van der Waals surface area contributed by atoms with Gasteiger partial charge in [-0.25, -0.2) is 4.98 Å². The molecule has 0 unspecified atom stereocenters. The Morgan fingerprint density at radius 2 is 2.11 bits per heavy atom. The van der Waals surface area contributed by atoms with E-state index >= 15 is 0 Å². The van der Waals surface area contributed by atoms with E-state index in [1.54, 1.807) is 41.3 Å². The summed E-state index contributed by atoms with van der Waals surface area (Å²) in [5, 5.41) is 4.73. The zero-order valence-electron chi connectivity index (χ0n) is 15.6. The number of hydrogen-bond acceptors (Lipinski definition) is 6. The molecule has 28 heavy (non-hydrogen) atoms. The van der Waals surface area contributed by atoms with E-state index in [4.69, 9.17) is 9.72 Å². The van der Waals surface area contributed by atoms with Crippen LogP contribution in [0, 0.1) is 0 Å². The number of carbonyl (C=O) groups is 1. The molecule has 0 radical (unpaired) electrons. The van der Waals surface area contributed by atoms with Crippen LogP contribution < -0.4 is 9.64 Å². The minimum atomic E-state index is -0.166. The van der Waals surface area contributed by atoms with Crippen LogP contribution in [0.15, 0.2) is 55.0 Å². The van der Waals surface area contributed by atoms with Crippen LogP contribution in [0.5, 0.6) is 5.75 Å². The average molecular weight is 393 g/mol. The van der Waals surface area contributed by atoms with Crippen molar-refractivity contribution in [3.8, 4) is 5.75 Å². The Labute approximate surface area is 166 Å². The van der Waals surface area contributed by atoms with Crippen LogP contribution in [0.1, 0.15) is 23.0 Å². The van der Waals surface area contributed by atoms with E-state index in [0.717, 1.165) is 21.5 Å². The van der Waals surface area contributed by atoms with Crippen molar-refractivity contribution in [2.75, 3.05) is 11.5 Å². The van der Waals surface area contributed by atoms with Gasteiger partial charge in [0.2, 0.25) is 0 Å². The third-order valence-electron chi connectivity index (χ3n) is 4.25. The summed E-state index contributed by atoms with van der Waals surface area (Å²) in [6.07, 6.45) is 5.08. The van der Waals surface area contributed by atoms with Gasteiger partial charge >= 0.3 is 0 Å². The number of aryl methyl sites for hydroxylation is 1. The molecular weight excluding hydrogens is 374 g/mol. The lowest BCUT2D eigenvalue weighted by molar-refractivity contribution is 0.0976. The molecule has 4 aromatic rings. The van der Waals surface area contributed by atoms with Crippen molar-refractivity contribution in [3.63, 3.8) is 0 Å². The van der Waals surface area contributed by atoms with E-state index < -0.39 is 0 Å². The van der Waals surface area contributed by atoms with Gasteiger partial charge in [0.15, 0.2) is 5.13 Å². The summed E-state index contributed by atoms with van der Waals surface area (Å²) in [4.78, 5) is 23.9. The first kappa shape index (κ1) is 18.1. The molecule has 0 N–H and O–H groups in total. The quantitative estimate of drug-likeness (QED) is 0.500. The van der Waals surface area contributed by atoms with E-state index in [-0.39, 0.29) is 5.91 Å². The number of anilines is 1. The summed E-state index contributed by atoms with van der Waals surface area (Å²) in [5.74, 6) is 0.553. The summed E-state index contributed by atoms with van der Waals surface area (Å²) < 4.78 is 8.23. The lowest BCUT2D eigenvalue weighted by Crippen LogP contribution is -2.31. The second kappa shape index (κ2) is 7.77. The fraction of sp³-hybridized carbons (Fsp3) is 0.200. The Kier molecular flexibility index (Phi) is 5.03. The van der Waals surface area contributed by atoms with Crippen LogP contribution in [0.25, 0.3) is 10.2 Å². The third-order valence-corrected chi connectivity index (χ3v) is 5.29. The van der Waals surface area contributed by atoms with Gasteiger partial charge in [-0.2, -0.15) is 5.10 Å². The van der Waals surface area contributed by atoms with Crippen molar-refractivity contribution >= 4 is 32.6 Å². The van der Waals surface area contributed by atoms with Crippen molar-refractivity contribution in [2.24, 2.45) is 7.05 Å². The van der Waals surface area contributed by atoms with Crippen molar-refractivity contribution in [1.82, 2.24) is 19.7 Å². The molecule has 0 aliphatic carbocycles. The number of thiazole rings is 1. The smallest absolute Gasteiger partial charge is 0.278 e. The summed E-state index contributed by atoms with van der Waals surface area (Å²) in [6, 6.07) is 11.3. The standard InChI is InChI=1S/C20H19N5O2S/c1-3-27-16-7-4-8-17-18(16)23-20(28-17)25(13-14-6-5-10-21-12-14)19(26)15-9-11-22-24(15)2/h4-12H,3,13H2,1-2H3. The highest BCUT2D eigenvalue weighted by Gasteiger charge is 2.24. The summed E-state index contributed by atoms with van der Waals surface area (Å²) in [5.41, 5.74) is 2.17. The zero-order chi connectivity index (χ0) is 19.5. The lowest BCUT2D eigenvalue weighted by Gasteiger charge is -2.19. The predicted molar refractivity (Wildman–Crippen MR) is 109 cm³/mol. The van der Waals surface area contributed by atoms with Crippen LogP contribution in [-0.4, -0.2) is 32.3 Å². The molecule has 8 heteroatoms. The van der Waals surface area contributed by atoms with Crippen LogP contribution in [0.3, 0.4) is 0 Å². The van der Waals surface area contributed by atoms with Crippen molar-refractivity contribution in [1.29, 1.82) is 0 Å². The molecule has 1 aromatic carbocycles. The van der Waals surface area contributed by atoms with Gasteiger partial charge in [0.05, 0.1) is 17.9 Å². The maximum absolute atomic E-state index is 13.3. The third kappa shape index (κ3) is 3.46. The molecule has 0 bridgehead atoms. The minimum absolute atomic E-state index is 0.166. The van der Waals surface area contributed by atoms with Gasteiger partial charge in [-0.15, -0.1) is 0 Å². The van der Waals surface area contributed by atoms with E-state index in [9.17, 15) is 4.79 Å². The normalized spacial score (nSPS) is 10.9. The SMILES string of the molecule is CCOc1cccc2sc(N(Cc3cccnc3)C(=O)c3ccnn3C)nc12. The Hall–Kier alpha value is -3.26. The summed E-state index contributed by atoms with van der Waals surface area (Å²) >= 11 is 1.46. The molecule has 0 spiro atoms. The highest BCUT2D eigenvalue weighted by Crippen LogP contribution is 2.35. The minimum Gasteiger partial charge on any atom is -0.492 e. The molecule has 0 aliphatic heterocycles. The number of pyridine rings is 1. The Balaban J connectivity index is 1.78. The molecule has 0 fully saturated rings. The van der Waals surface area contributed by atoms with E-state index in [1.807, 2.05) is 37.3 Å². The van der Waals surface area contributed by atoms with Crippen LogP contribution in [0.2, 0.25) is 0 Å². The number of fused-ring (bicyclic) bond motifs is 1. The van der Waals surface area contributed by atoms with Gasteiger partial charge in [-0.1, -0.05) is 23.5 Å². The van der Waals surface area contributed by atoms with E-state index in [1.165, 1.54) is 11.3 Å². The van der Waals surface area contributed by atoms with Crippen LogP contribution in [-0.2, 0) is 13.6 Å². The fourth-order valence-electron chi connectivity index (χ4n) is 2.92. The first-order chi connectivity index (χ1) is 13.7. The van der Waals surface area contributed by atoms with Crippen molar-refractivity contribution in [2.45, 2.75) is 13.5 Å². The van der Waals surface area contributed by atoms with Crippen molar-refractivity contribution in [3.05, 3.63) is 66.2 Å². The number of aromatic nitrogens is 4. The van der Waals surface area contributed by atoms with Gasteiger partial charge in [0.25, 0.3) is 5.91 Å². The predicted octanol–water partition coefficient (Wildman–Crippen LogP) is 3.67. The number of amides is 1. The van der Waals surface area contributed by atoms with Crippen molar-refractivity contribution < 1.29 is 9.53 Å². The maximum Gasteiger partial charge on any atom is 0.278 e. The molecule has 1 amide bonds. The Morgan fingerprint density at radius 1 is 1.21 bits per heavy atom. The topological polar surface area (TPSA) is 73.1 Å². The second-order valence-electron chi connectivity index (χ2n) is 6.12. The van der Waals surface area contributed by atoms with Crippen LogP contribution in [0.4, 0.5) is 5.13 Å². The highest BCUT2D eigenvalue weighted by atomic mass is 32.1. The van der Waals surface area contributed by atoms with Gasteiger partial charge < -0.3 is 4.74 Å². The first-order valence-electron chi connectivity index (χ1n) is 8.88. The van der Waals surface area contributed by atoms with E-state index in [2.05, 4.69) is 10.1 Å². The zero-order valence-corrected chi connectivity index (χ0v) is 16.4. The van der Waals surface area contributed by atoms with Gasteiger partial charge in [-0.3, -0.25) is 19.4 Å². The van der Waals surface area contributed by atoms with E-state index in [0.29, 0.717) is 24.0 Å². The Morgan fingerprint density at radius 3 is 2.82 bits per heavy atom. The molecule has 0 saturated heterocycles. The molecule has 0 saturated carbocycles. The number of benzene rings is 1. The summed E-state index contributed by atoms with van der Waals surface area (Å²) in [6.45, 7) is 2.85. The molecule has 3 heterocycles. The molecule has 142 valence electrons. The lowest BCUT2D eigenvalue weighted by atomic mass is 10.2. The average Bonchev–Trinajstić information content (AvgIpc) is 3.33. The number of hydrogen-bond donors (Lipinski definition) is 0. The van der Waals surface area contributed by atoms with Crippen LogP contribution >= 0.6 is 11.3 Å². The number of rotatable bonds is 6. The fourth-order valence-corrected chi connectivity index (χ4v) is 3.90. The Bertz CT molecular complexity index is 1110. The van der Waals surface area contributed by atoms with Gasteiger partial charge in [0.1, 0.15) is 17.0 Å². The van der Waals surface area contributed by atoms with Gasteiger partial charge in [-0.05, 0) is 36.8 Å². The number of ether oxygens (including phenoxy) is 1. The number of nitrogens with zero attached hydrogens (tertiary/aromatic N) is 5. The number of carbonyl (C=O) groups excluding carboxylic acids is 1. The second-order valence-corrected chi connectivity index (χ2v) is 7.13. The van der Waals surface area contributed by atoms with Gasteiger partial charge in [0, 0.05) is 25.6 Å². The largest absolute Gasteiger partial charge is 0.492 e. The monoisotopic (exact) mass is 393 g/mol. The summed E-state index contributed by atoms with van der Waals surface area (Å²) in [7, 11) is 1.75. The number of para-hydroxylation sites is 1. The molecule has 4 rings (SSSR count). The molecular formula is C20H19N5O2S. The molecule has 7 nitrogen and oxygen atoms in total.